The van der Waals surface area contributed by atoms with E-state index in [0.717, 1.165) is 6.08 Å². The minimum atomic E-state index is -4.76. The van der Waals surface area contributed by atoms with Gasteiger partial charge in [-0.3, -0.25) is 4.79 Å². The van der Waals surface area contributed by atoms with Crippen LogP contribution in [0.2, 0.25) is 0 Å². The highest BCUT2D eigenvalue weighted by Crippen LogP contribution is 2.49. The third kappa shape index (κ3) is 3.24. The Bertz CT molecular complexity index is 610. The van der Waals surface area contributed by atoms with Gasteiger partial charge in [0.1, 0.15) is 0 Å². The van der Waals surface area contributed by atoms with E-state index >= 15 is 0 Å². The topological polar surface area (TPSA) is 29.1 Å². The molecule has 2 rings (SSSR count). The first kappa shape index (κ1) is 15.9. The summed E-state index contributed by atoms with van der Waals surface area (Å²) in [4.78, 5) is 9.25. The molecule has 0 bridgehead atoms. The predicted molar refractivity (Wildman–Crippen MR) is 76.3 cm³/mol. The lowest BCUT2D eigenvalue weighted by atomic mass is 9.92. The number of halogens is 5. The van der Waals surface area contributed by atoms with E-state index in [0.29, 0.717) is 5.69 Å². The molecule has 1 amide bonds. The Labute approximate surface area is 129 Å². The highest BCUT2D eigenvalue weighted by atomic mass is 35.5. The fourth-order valence-corrected chi connectivity index (χ4v) is 2.28. The van der Waals surface area contributed by atoms with E-state index in [4.69, 9.17) is 23.2 Å². The smallest absolute Gasteiger partial charge is 0.322 e. The van der Waals surface area contributed by atoms with Crippen molar-refractivity contribution >= 4 is 34.8 Å². The van der Waals surface area contributed by atoms with Gasteiger partial charge in [-0.25, -0.2) is 0 Å². The Morgan fingerprint density at radius 3 is 2.38 bits per heavy atom. The Morgan fingerprint density at radius 1 is 1.19 bits per heavy atom. The van der Waals surface area contributed by atoms with E-state index in [2.05, 4.69) is 5.32 Å². The number of alkyl halides is 4. The van der Waals surface area contributed by atoms with Gasteiger partial charge in [0.15, 0.2) is 4.87 Å². The zero-order valence-electron chi connectivity index (χ0n) is 10.5. The molecule has 0 aliphatic heterocycles. The number of hydrogen-bond donors (Lipinski definition) is 1. The molecule has 7 heteroatoms. The number of nitrogens with one attached hydrogen (secondary N) is 1. The summed E-state index contributed by atoms with van der Waals surface area (Å²) in [5, 5.41) is 1.96. The molecule has 1 aliphatic carbocycles. The number of para-hydroxylation sites is 1. The summed E-state index contributed by atoms with van der Waals surface area (Å²) in [6.45, 7) is 0. The maximum atomic E-state index is 13.0. The van der Waals surface area contributed by atoms with Crippen molar-refractivity contribution in [2.75, 3.05) is 5.32 Å². The van der Waals surface area contributed by atoms with E-state index in [1.807, 2.05) is 0 Å². The molecule has 1 aliphatic rings. The molecule has 1 aromatic carbocycles. The van der Waals surface area contributed by atoms with Gasteiger partial charge in [0.2, 0.25) is 0 Å². The summed E-state index contributed by atoms with van der Waals surface area (Å²) in [6, 6.07) is 8.40. The highest BCUT2D eigenvalue weighted by molar-refractivity contribution is 6.40. The van der Waals surface area contributed by atoms with Gasteiger partial charge in [-0.05, 0) is 18.2 Å². The maximum Gasteiger partial charge on any atom is 0.412 e. The quantitative estimate of drug-likeness (QED) is 0.785. The number of benzene rings is 1. The van der Waals surface area contributed by atoms with Crippen LogP contribution in [0.4, 0.5) is 18.9 Å². The van der Waals surface area contributed by atoms with Crippen molar-refractivity contribution in [1.29, 1.82) is 0 Å². The average Bonchev–Trinajstić information content (AvgIpc) is 2.41. The van der Waals surface area contributed by atoms with E-state index in [9.17, 15) is 18.0 Å². The van der Waals surface area contributed by atoms with Crippen molar-refractivity contribution in [3.05, 3.63) is 53.1 Å². The average molecular weight is 336 g/mol. The Morgan fingerprint density at radius 2 is 1.81 bits per heavy atom. The molecule has 1 unspecified atom stereocenters. The molecule has 2 nitrogen and oxygen atoms in total. The summed E-state index contributed by atoms with van der Waals surface area (Å²) in [6.07, 6.45) is -3.22. The molecule has 0 saturated heterocycles. The molecule has 112 valence electrons. The van der Waals surface area contributed by atoms with Gasteiger partial charge >= 0.3 is 6.18 Å². The number of anilines is 1. The van der Waals surface area contributed by atoms with E-state index in [1.165, 1.54) is 6.08 Å². The fraction of sp³-hybridized carbons (Fsp3) is 0.214. The van der Waals surface area contributed by atoms with Crippen LogP contribution >= 0.6 is 23.2 Å². The van der Waals surface area contributed by atoms with Crippen LogP contribution in [0.25, 0.3) is 0 Å². The van der Waals surface area contributed by atoms with Crippen LogP contribution in [0.15, 0.2) is 53.1 Å². The van der Waals surface area contributed by atoms with Crippen LogP contribution in [-0.4, -0.2) is 17.0 Å². The van der Waals surface area contributed by atoms with Crippen LogP contribution in [0, 0.1) is 0 Å². The molecule has 1 aromatic rings. The third-order valence-electron chi connectivity index (χ3n) is 3.02. The molecule has 21 heavy (non-hydrogen) atoms. The van der Waals surface area contributed by atoms with Crippen molar-refractivity contribution < 1.29 is 18.0 Å². The van der Waals surface area contributed by atoms with E-state index in [1.54, 1.807) is 30.3 Å². The van der Waals surface area contributed by atoms with Crippen molar-refractivity contribution in [1.82, 2.24) is 0 Å². The summed E-state index contributed by atoms with van der Waals surface area (Å²) < 4.78 is 39.1. The monoisotopic (exact) mass is 335 g/mol. The zero-order chi connectivity index (χ0) is 15.7. The number of carbonyl (C=O) groups is 1. The van der Waals surface area contributed by atoms with E-state index < -0.39 is 28.4 Å². The molecule has 0 radical (unpaired) electrons. The molecular weight excluding hydrogens is 326 g/mol. The fourth-order valence-electron chi connectivity index (χ4n) is 1.84. The summed E-state index contributed by atoms with van der Waals surface area (Å²) >= 11 is 11.2. The second-order valence-corrected chi connectivity index (χ2v) is 5.55. The molecule has 0 heterocycles. The van der Waals surface area contributed by atoms with Gasteiger partial charge in [-0.15, -0.1) is 11.6 Å². The lowest BCUT2D eigenvalue weighted by molar-refractivity contribution is -0.151. The first-order valence-corrected chi connectivity index (χ1v) is 6.68. The van der Waals surface area contributed by atoms with Gasteiger partial charge < -0.3 is 5.32 Å². The Kier molecular flexibility index (Phi) is 4.35. The Hall–Kier alpha value is -1.46. The first-order valence-electron chi connectivity index (χ1n) is 5.93. The summed E-state index contributed by atoms with van der Waals surface area (Å²) in [5.41, 5.74) is 0.395. The predicted octanol–water partition coefficient (Wildman–Crippen LogP) is 4.62. The van der Waals surface area contributed by atoms with Crippen molar-refractivity contribution in [3.8, 4) is 0 Å². The van der Waals surface area contributed by atoms with Gasteiger partial charge in [-0.1, -0.05) is 35.9 Å². The van der Waals surface area contributed by atoms with Crippen molar-refractivity contribution in [3.63, 3.8) is 0 Å². The molecule has 1 atom stereocenters. The van der Waals surface area contributed by atoms with E-state index in [-0.39, 0.29) is 5.57 Å². The second kappa shape index (κ2) is 5.73. The molecule has 1 N–H and O–H groups in total. The Balaban J connectivity index is 2.20. The van der Waals surface area contributed by atoms with Crippen molar-refractivity contribution in [2.24, 2.45) is 0 Å². The number of allylic oxidation sites excluding steroid dienone is 3. The zero-order valence-corrected chi connectivity index (χ0v) is 12.1. The largest absolute Gasteiger partial charge is 0.412 e. The molecule has 0 aromatic heterocycles. The van der Waals surface area contributed by atoms with Gasteiger partial charge in [-0.2, -0.15) is 13.2 Å². The molecule has 0 saturated carbocycles. The third-order valence-corrected chi connectivity index (χ3v) is 4.11. The number of rotatable bonds is 2. The minimum absolute atomic E-state index is 0.0874. The van der Waals surface area contributed by atoms with Gasteiger partial charge in [0, 0.05) is 22.7 Å². The SMILES string of the molecule is O=C(Nc1ccccc1)C1=CC=C(Cl)C(Cl)(C(F)(F)F)C1. The van der Waals surface area contributed by atoms with Crippen LogP contribution < -0.4 is 5.32 Å². The maximum absolute atomic E-state index is 13.0. The lowest BCUT2D eigenvalue weighted by Crippen LogP contribution is -2.42. The van der Waals surface area contributed by atoms with Gasteiger partial charge in [0.05, 0.1) is 0 Å². The number of carbonyl (C=O) groups excluding carboxylic acids is 1. The van der Waals surface area contributed by atoms with Crippen molar-refractivity contribution in [2.45, 2.75) is 17.5 Å². The van der Waals surface area contributed by atoms with Crippen LogP contribution in [0.3, 0.4) is 0 Å². The van der Waals surface area contributed by atoms with Crippen LogP contribution in [0.5, 0.6) is 0 Å². The molecular formula is C14H10Cl2F3NO. The normalized spacial score (nSPS) is 22.3. The first-order chi connectivity index (χ1) is 9.74. The number of hydrogen-bond acceptors (Lipinski definition) is 1. The standard InChI is InChI=1S/C14H10Cl2F3NO/c15-11-7-6-9(8-13(11,16)14(17,18)19)12(21)20-10-4-2-1-3-5-10/h1-7H,8H2,(H,20,21). The lowest BCUT2D eigenvalue weighted by Gasteiger charge is -2.31. The van der Waals surface area contributed by atoms with Crippen LogP contribution in [0.1, 0.15) is 6.42 Å². The minimum Gasteiger partial charge on any atom is -0.322 e. The highest BCUT2D eigenvalue weighted by Gasteiger charge is 2.57. The second-order valence-electron chi connectivity index (χ2n) is 4.50. The van der Waals surface area contributed by atoms with Gasteiger partial charge in [0.25, 0.3) is 5.91 Å². The molecule has 0 fully saturated rings. The molecule has 0 spiro atoms. The number of amides is 1. The summed E-state index contributed by atoms with van der Waals surface area (Å²) in [5.74, 6) is -0.643. The summed E-state index contributed by atoms with van der Waals surface area (Å²) in [7, 11) is 0. The van der Waals surface area contributed by atoms with Crippen LogP contribution in [-0.2, 0) is 4.79 Å².